The average molecular weight is 623 g/mol. The maximum absolute atomic E-state index is 13.5. The summed E-state index contributed by atoms with van der Waals surface area (Å²) in [5.74, 6) is 0.212. The molecular formula is C27H33BrF6N4O. The number of amides is 1. The molecule has 1 aromatic heterocycles. The van der Waals surface area contributed by atoms with Gasteiger partial charge in [0.15, 0.2) is 0 Å². The third-order valence-electron chi connectivity index (χ3n) is 6.86. The van der Waals surface area contributed by atoms with Crippen LogP contribution < -0.4 is 4.90 Å². The van der Waals surface area contributed by atoms with Gasteiger partial charge in [0.2, 0.25) is 11.9 Å². The molecule has 0 spiro atoms. The lowest BCUT2D eigenvalue weighted by molar-refractivity contribution is -0.143. The van der Waals surface area contributed by atoms with Crippen LogP contribution in [0.5, 0.6) is 0 Å². The molecule has 1 fully saturated rings. The van der Waals surface area contributed by atoms with Gasteiger partial charge in [0.25, 0.3) is 0 Å². The number of hydrogen-bond acceptors (Lipinski definition) is 4. The second-order valence-corrected chi connectivity index (χ2v) is 12.3. The van der Waals surface area contributed by atoms with E-state index in [1.807, 2.05) is 18.7 Å². The van der Waals surface area contributed by atoms with Gasteiger partial charge in [-0.25, -0.2) is 9.97 Å². The van der Waals surface area contributed by atoms with E-state index in [0.717, 1.165) is 18.6 Å². The molecule has 0 bridgehead atoms. The number of piperidine rings is 1. The van der Waals surface area contributed by atoms with Crippen LogP contribution in [-0.2, 0) is 23.7 Å². The van der Waals surface area contributed by atoms with Crippen LogP contribution in [0.25, 0.3) is 0 Å². The third kappa shape index (κ3) is 8.31. The fourth-order valence-corrected chi connectivity index (χ4v) is 5.23. The fourth-order valence-electron chi connectivity index (χ4n) is 5.03. The van der Waals surface area contributed by atoms with Crippen LogP contribution >= 0.6 is 15.9 Å². The zero-order valence-electron chi connectivity index (χ0n) is 22.5. The lowest BCUT2D eigenvalue weighted by atomic mass is 9.88. The summed E-state index contributed by atoms with van der Waals surface area (Å²) >= 11 is 3.25. The standard InChI is InChI=1S/C27H33BrF6N4O/c1-16-8-22(9-17(2)38(16)23(39)6-7-25(3,4)5)37(24-35-13-21(28)14-36-24)15-18-10-19(26(29,30)31)12-20(11-18)27(32,33)34/h10-14,16-17,22H,6-9,15H2,1-5H3/t16-,17+,22?. The number of hydrogen-bond donors (Lipinski definition) is 0. The Morgan fingerprint density at radius 3 is 1.87 bits per heavy atom. The van der Waals surface area contributed by atoms with E-state index in [9.17, 15) is 31.1 Å². The summed E-state index contributed by atoms with van der Waals surface area (Å²) in [5.41, 5.74) is -2.90. The number of alkyl halides is 6. The molecule has 1 aromatic carbocycles. The second kappa shape index (κ2) is 11.6. The smallest absolute Gasteiger partial charge is 0.337 e. The first-order valence-electron chi connectivity index (χ1n) is 12.7. The van der Waals surface area contributed by atoms with Crippen molar-refractivity contribution in [3.05, 3.63) is 51.8 Å². The van der Waals surface area contributed by atoms with Gasteiger partial charge >= 0.3 is 12.4 Å². The summed E-state index contributed by atoms with van der Waals surface area (Å²) in [4.78, 5) is 25.2. The van der Waals surface area contributed by atoms with Crippen molar-refractivity contribution in [2.45, 2.75) is 97.3 Å². The fraction of sp³-hybridized carbons (Fsp3) is 0.593. The highest BCUT2D eigenvalue weighted by atomic mass is 79.9. The molecule has 1 amide bonds. The van der Waals surface area contributed by atoms with Crippen molar-refractivity contribution in [3.8, 4) is 0 Å². The predicted octanol–water partition coefficient (Wildman–Crippen LogP) is 7.88. The third-order valence-corrected chi connectivity index (χ3v) is 7.27. The van der Waals surface area contributed by atoms with Crippen LogP contribution in [0.3, 0.4) is 0 Å². The summed E-state index contributed by atoms with van der Waals surface area (Å²) in [6, 6.07) is 0.869. The molecule has 0 N–H and O–H groups in total. The van der Waals surface area contributed by atoms with Gasteiger partial charge in [0.1, 0.15) is 0 Å². The molecule has 216 valence electrons. The maximum atomic E-state index is 13.5. The van der Waals surface area contributed by atoms with Crippen molar-refractivity contribution in [2.24, 2.45) is 5.41 Å². The number of benzene rings is 1. The van der Waals surface area contributed by atoms with E-state index in [1.54, 1.807) is 4.90 Å². The Balaban J connectivity index is 1.95. The first-order valence-corrected chi connectivity index (χ1v) is 13.5. The first-order chi connectivity index (χ1) is 17.8. The molecule has 5 nitrogen and oxygen atoms in total. The van der Waals surface area contributed by atoms with Gasteiger partial charge < -0.3 is 9.80 Å². The number of aromatic nitrogens is 2. The zero-order chi connectivity index (χ0) is 29.3. The number of rotatable bonds is 6. The SMILES string of the molecule is C[C@@H]1CC(N(Cc2cc(C(F)(F)F)cc(C(F)(F)F)c2)c2ncc(Br)cn2)C[C@H](C)N1C(=O)CCC(C)(C)C. The van der Waals surface area contributed by atoms with Gasteiger partial charge in [-0.15, -0.1) is 0 Å². The summed E-state index contributed by atoms with van der Waals surface area (Å²) in [7, 11) is 0. The average Bonchev–Trinajstić information content (AvgIpc) is 2.79. The van der Waals surface area contributed by atoms with Crippen molar-refractivity contribution >= 4 is 27.8 Å². The summed E-state index contributed by atoms with van der Waals surface area (Å²) in [6.45, 7) is 9.74. The normalized spacial score (nSPS) is 20.7. The molecule has 39 heavy (non-hydrogen) atoms. The first kappa shape index (κ1) is 31.2. The molecule has 3 rings (SSSR count). The summed E-state index contributed by atoms with van der Waals surface area (Å²) < 4.78 is 81.6. The Hall–Kier alpha value is -2.37. The van der Waals surface area contributed by atoms with Gasteiger partial charge in [-0.1, -0.05) is 20.8 Å². The second-order valence-electron chi connectivity index (χ2n) is 11.4. The molecule has 2 heterocycles. The lowest BCUT2D eigenvalue weighted by Crippen LogP contribution is -2.55. The van der Waals surface area contributed by atoms with E-state index in [1.165, 1.54) is 12.4 Å². The van der Waals surface area contributed by atoms with Crippen LogP contribution in [0.2, 0.25) is 0 Å². The largest absolute Gasteiger partial charge is 0.416 e. The lowest BCUT2D eigenvalue weighted by Gasteiger charge is -2.46. The van der Waals surface area contributed by atoms with Gasteiger partial charge in [-0.05, 0) is 78.2 Å². The van der Waals surface area contributed by atoms with Gasteiger partial charge in [-0.3, -0.25) is 4.79 Å². The number of halogens is 7. The van der Waals surface area contributed by atoms with E-state index in [-0.39, 0.29) is 53.6 Å². The number of anilines is 1. The highest BCUT2D eigenvalue weighted by Crippen LogP contribution is 2.38. The molecule has 1 saturated heterocycles. The molecule has 1 unspecified atom stereocenters. The maximum Gasteiger partial charge on any atom is 0.416 e. The van der Waals surface area contributed by atoms with E-state index < -0.39 is 23.5 Å². The van der Waals surface area contributed by atoms with Crippen molar-refractivity contribution in [1.82, 2.24) is 14.9 Å². The number of carbonyl (C=O) groups is 1. The van der Waals surface area contributed by atoms with E-state index in [2.05, 4.69) is 46.7 Å². The Kier molecular flexibility index (Phi) is 9.29. The minimum absolute atomic E-state index is 0.00357. The van der Waals surface area contributed by atoms with Crippen LogP contribution in [0, 0.1) is 5.41 Å². The van der Waals surface area contributed by atoms with Crippen LogP contribution in [-0.4, -0.2) is 38.9 Å². The number of carbonyl (C=O) groups excluding carboxylic acids is 1. The van der Waals surface area contributed by atoms with Crippen LogP contribution in [0.4, 0.5) is 32.3 Å². The van der Waals surface area contributed by atoms with Gasteiger partial charge in [0.05, 0.1) is 15.6 Å². The molecule has 1 aliphatic rings. The molecule has 3 atom stereocenters. The Morgan fingerprint density at radius 2 is 1.44 bits per heavy atom. The van der Waals surface area contributed by atoms with Crippen LogP contribution in [0.1, 0.15) is 77.0 Å². The summed E-state index contributed by atoms with van der Waals surface area (Å²) in [6.07, 6.45) is -4.92. The van der Waals surface area contributed by atoms with Crippen molar-refractivity contribution in [3.63, 3.8) is 0 Å². The Labute approximate surface area is 233 Å². The molecule has 0 aliphatic carbocycles. The van der Waals surface area contributed by atoms with E-state index in [4.69, 9.17) is 0 Å². The summed E-state index contributed by atoms with van der Waals surface area (Å²) in [5, 5.41) is 0. The number of likely N-dealkylation sites (tertiary alicyclic amines) is 1. The van der Waals surface area contributed by atoms with Gasteiger partial charge in [-0.2, -0.15) is 26.3 Å². The van der Waals surface area contributed by atoms with E-state index in [0.29, 0.717) is 23.7 Å². The van der Waals surface area contributed by atoms with Crippen molar-refractivity contribution in [2.75, 3.05) is 4.90 Å². The Morgan fingerprint density at radius 1 is 0.949 bits per heavy atom. The van der Waals surface area contributed by atoms with Gasteiger partial charge in [0, 0.05) is 43.5 Å². The molecule has 0 radical (unpaired) electrons. The predicted molar refractivity (Wildman–Crippen MR) is 140 cm³/mol. The molecule has 0 saturated carbocycles. The minimum Gasteiger partial charge on any atom is -0.337 e. The Bertz CT molecular complexity index is 1100. The van der Waals surface area contributed by atoms with Crippen LogP contribution in [0.15, 0.2) is 35.1 Å². The quantitative estimate of drug-likeness (QED) is 0.308. The molecular weight excluding hydrogens is 590 g/mol. The highest BCUT2D eigenvalue weighted by Gasteiger charge is 2.39. The molecule has 12 heteroatoms. The molecule has 1 aliphatic heterocycles. The van der Waals surface area contributed by atoms with Crippen molar-refractivity contribution < 1.29 is 31.1 Å². The monoisotopic (exact) mass is 622 g/mol. The molecule has 2 aromatic rings. The highest BCUT2D eigenvalue weighted by molar-refractivity contribution is 9.10. The van der Waals surface area contributed by atoms with Crippen molar-refractivity contribution in [1.29, 1.82) is 0 Å². The zero-order valence-corrected chi connectivity index (χ0v) is 24.1. The minimum atomic E-state index is -4.95. The number of nitrogens with zero attached hydrogens (tertiary/aromatic N) is 4. The topological polar surface area (TPSA) is 49.3 Å². The van der Waals surface area contributed by atoms with E-state index >= 15 is 0 Å².